The van der Waals surface area contributed by atoms with Crippen molar-refractivity contribution < 1.29 is 37.0 Å². The van der Waals surface area contributed by atoms with Crippen LogP contribution in [0.5, 0.6) is 17.2 Å². The maximum atomic E-state index is 13.4. The molecule has 0 aliphatic carbocycles. The van der Waals surface area contributed by atoms with Crippen LogP contribution in [0.4, 0.5) is 23.7 Å². The van der Waals surface area contributed by atoms with Crippen LogP contribution in [0.3, 0.4) is 0 Å². The predicted octanol–water partition coefficient (Wildman–Crippen LogP) is 7.53. The molecule has 0 saturated carbocycles. The van der Waals surface area contributed by atoms with E-state index in [1.165, 1.54) is 19.2 Å². The van der Waals surface area contributed by atoms with Gasteiger partial charge >= 0.3 is 12.3 Å². The van der Waals surface area contributed by atoms with E-state index in [-0.39, 0.29) is 17.6 Å². The molecule has 0 spiro atoms. The molecule has 0 bridgehead atoms. The van der Waals surface area contributed by atoms with Crippen molar-refractivity contribution >= 4 is 28.6 Å². The summed E-state index contributed by atoms with van der Waals surface area (Å²) in [6, 6.07) is 7.47. The topological polar surface area (TPSA) is 111 Å². The molecule has 12 heteroatoms. The van der Waals surface area contributed by atoms with E-state index in [4.69, 9.17) is 14.2 Å². The van der Waals surface area contributed by atoms with Gasteiger partial charge in [-0.1, -0.05) is 26.3 Å². The summed E-state index contributed by atoms with van der Waals surface area (Å²) in [4.78, 5) is 30.0. The number of aromatic nitrogens is 1. The lowest BCUT2D eigenvalue weighted by atomic mass is 9.98. The van der Waals surface area contributed by atoms with Crippen molar-refractivity contribution in [2.24, 2.45) is 5.92 Å². The lowest BCUT2D eigenvalue weighted by Gasteiger charge is -2.26. The fourth-order valence-electron chi connectivity index (χ4n) is 4.72. The molecular formula is C33H43F3N4O5. The van der Waals surface area contributed by atoms with E-state index in [1.54, 1.807) is 26.8 Å². The van der Waals surface area contributed by atoms with Crippen molar-refractivity contribution in [1.82, 2.24) is 15.6 Å². The SMILES string of the molecule is CC[C@H](C)[C@H](NC(=O)OC(C)(C)C)C(=O)NCCCNc1cc(OC)c2nc(C)cc(C)c2c1Oc1cccc(C(F)(F)F)c1. The number of ether oxygens (including phenoxy) is 3. The summed E-state index contributed by atoms with van der Waals surface area (Å²) in [6.07, 6.45) is -4.04. The van der Waals surface area contributed by atoms with Crippen LogP contribution < -0.4 is 25.4 Å². The van der Waals surface area contributed by atoms with Crippen LogP contribution in [-0.4, -0.2) is 48.8 Å². The molecule has 3 N–H and O–H groups in total. The Labute approximate surface area is 262 Å². The zero-order chi connectivity index (χ0) is 33.5. The zero-order valence-corrected chi connectivity index (χ0v) is 27.1. The number of anilines is 1. The Morgan fingerprint density at radius 2 is 1.76 bits per heavy atom. The maximum Gasteiger partial charge on any atom is 0.416 e. The van der Waals surface area contributed by atoms with E-state index in [1.807, 2.05) is 33.8 Å². The fraction of sp³-hybridized carbons (Fsp3) is 0.485. The van der Waals surface area contributed by atoms with Gasteiger partial charge in [0.25, 0.3) is 0 Å². The van der Waals surface area contributed by atoms with Crippen LogP contribution in [-0.2, 0) is 15.7 Å². The third kappa shape index (κ3) is 9.63. The molecule has 0 aliphatic heterocycles. The Bertz CT molecular complexity index is 1500. The number of carbonyl (C=O) groups is 2. The van der Waals surface area contributed by atoms with Gasteiger partial charge in [-0.25, -0.2) is 9.78 Å². The molecular weight excluding hydrogens is 589 g/mol. The summed E-state index contributed by atoms with van der Waals surface area (Å²) in [5.74, 6) is 0.330. The Hall–Kier alpha value is -4.22. The standard InChI is InChI=1S/C33H43F3N4O5/c1-9-19(2)27(40-31(42)45-32(5,6)7)30(41)38-15-11-14-37-24-18-25(43-8)28-26(20(3)16-21(4)39-28)29(24)44-23-13-10-12-22(17-23)33(34,35)36/h10,12-13,16-19,27,37H,9,11,14-15H2,1-8H3,(H,38,41)(H,40,42)/t19-,27-/m0/s1. The molecule has 3 rings (SSSR count). The highest BCUT2D eigenvalue weighted by atomic mass is 19.4. The summed E-state index contributed by atoms with van der Waals surface area (Å²) in [6.45, 7) is 13.4. The Balaban J connectivity index is 1.80. The first-order valence-electron chi connectivity index (χ1n) is 14.9. The van der Waals surface area contributed by atoms with Crippen molar-refractivity contribution in [3.8, 4) is 17.2 Å². The fourth-order valence-corrected chi connectivity index (χ4v) is 4.72. The largest absolute Gasteiger partial charge is 0.494 e. The second-order valence-corrected chi connectivity index (χ2v) is 12.0. The highest BCUT2D eigenvalue weighted by Crippen LogP contribution is 2.44. The van der Waals surface area contributed by atoms with Crippen molar-refractivity contribution in [2.45, 2.75) is 79.1 Å². The van der Waals surface area contributed by atoms with Gasteiger partial charge in [0.15, 0.2) is 5.75 Å². The van der Waals surface area contributed by atoms with Gasteiger partial charge in [-0.15, -0.1) is 0 Å². The van der Waals surface area contributed by atoms with E-state index in [9.17, 15) is 22.8 Å². The van der Waals surface area contributed by atoms with E-state index in [0.717, 1.165) is 23.4 Å². The molecule has 2 aromatic carbocycles. The number of hydrogen-bond donors (Lipinski definition) is 3. The molecule has 1 heterocycles. The number of alkyl carbamates (subject to hydrolysis) is 1. The molecule has 0 aliphatic rings. The molecule has 246 valence electrons. The number of halogens is 3. The number of rotatable bonds is 12. The third-order valence-corrected chi connectivity index (χ3v) is 7.06. The van der Waals surface area contributed by atoms with Crippen molar-refractivity contribution in [1.29, 1.82) is 0 Å². The summed E-state index contributed by atoms with van der Waals surface area (Å²) in [7, 11) is 1.51. The van der Waals surface area contributed by atoms with E-state index >= 15 is 0 Å². The second kappa shape index (κ2) is 14.7. The molecule has 2 atom stereocenters. The van der Waals surface area contributed by atoms with Crippen molar-refractivity contribution in [3.63, 3.8) is 0 Å². The highest BCUT2D eigenvalue weighted by molar-refractivity contribution is 5.98. The van der Waals surface area contributed by atoms with Crippen LogP contribution in [0.15, 0.2) is 36.4 Å². The van der Waals surface area contributed by atoms with Gasteiger partial charge in [-0.05, 0) is 76.8 Å². The lowest BCUT2D eigenvalue weighted by Crippen LogP contribution is -2.51. The lowest BCUT2D eigenvalue weighted by molar-refractivity contribution is -0.137. The number of pyridine rings is 1. The highest BCUT2D eigenvalue weighted by Gasteiger charge is 2.31. The molecule has 45 heavy (non-hydrogen) atoms. The van der Waals surface area contributed by atoms with Crippen LogP contribution in [0.25, 0.3) is 10.9 Å². The second-order valence-electron chi connectivity index (χ2n) is 12.0. The summed E-state index contributed by atoms with van der Waals surface area (Å²) < 4.78 is 57.4. The van der Waals surface area contributed by atoms with Crippen LogP contribution in [0, 0.1) is 19.8 Å². The minimum atomic E-state index is -4.53. The smallest absolute Gasteiger partial charge is 0.416 e. The summed E-state index contributed by atoms with van der Waals surface area (Å²) in [5.41, 5.74) is 1.03. The van der Waals surface area contributed by atoms with Crippen LogP contribution in [0.2, 0.25) is 0 Å². The number of nitrogens with zero attached hydrogens (tertiary/aromatic N) is 1. The van der Waals surface area contributed by atoms with Gasteiger partial charge in [0.05, 0.1) is 23.7 Å². The number of alkyl halides is 3. The van der Waals surface area contributed by atoms with Crippen LogP contribution in [0.1, 0.15) is 64.3 Å². The van der Waals surface area contributed by atoms with Crippen LogP contribution >= 0.6 is 0 Å². The first-order chi connectivity index (χ1) is 21.0. The van der Waals surface area contributed by atoms with Gasteiger partial charge in [0.1, 0.15) is 28.7 Å². The van der Waals surface area contributed by atoms with E-state index in [0.29, 0.717) is 54.0 Å². The number of amides is 2. The number of nitrogens with one attached hydrogen (secondary N) is 3. The number of carbonyl (C=O) groups excluding carboxylic acids is 2. The third-order valence-electron chi connectivity index (χ3n) is 7.06. The number of aryl methyl sites for hydroxylation is 2. The van der Waals surface area contributed by atoms with Gasteiger partial charge in [0.2, 0.25) is 5.91 Å². The average Bonchev–Trinajstić information content (AvgIpc) is 2.94. The Morgan fingerprint density at radius 1 is 1.04 bits per heavy atom. The molecule has 0 fully saturated rings. The summed E-state index contributed by atoms with van der Waals surface area (Å²) in [5, 5.41) is 9.43. The Morgan fingerprint density at radius 3 is 2.38 bits per heavy atom. The first-order valence-corrected chi connectivity index (χ1v) is 14.9. The number of hydrogen-bond acceptors (Lipinski definition) is 7. The zero-order valence-electron chi connectivity index (χ0n) is 27.1. The quantitative estimate of drug-likeness (QED) is 0.177. The minimum absolute atomic E-state index is 0.0140. The van der Waals surface area contributed by atoms with Gasteiger partial charge in [0, 0.05) is 24.8 Å². The van der Waals surface area contributed by atoms with E-state index < -0.39 is 29.5 Å². The van der Waals surface area contributed by atoms with Gasteiger partial charge < -0.3 is 30.2 Å². The first kappa shape index (κ1) is 35.3. The Kier molecular flexibility index (Phi) is 11.5. The number of benzene rings is 2. The molecule has 1 aromatic heterocycles. The minimum Gasteiger partial charge on any atom is -0.494 e. The number of fused-ring (bicyclic) bond motifs is 1. The maximum absolute atomic E-state index is 13.4. The molecule has 2 amide bonds. The predicted molar refractivity (Wildman–Crippen MR) is 168 cm³/mol. The molecule has 0 radical (unpaired) electrons. The molecule has 9 nitrogen and oxygen atoms in total. The number of methoxy groups -OCH3 is 1. The molecule has 3 aromatic rings. The van der Waals surface area contributed by atoms with E-state index in [2.05, 4.69) is 20.9 Å². The van der Waals surface area contributed by atoms with Gasteiger partial charge in [-0.3, -0.25) is 4.79 Å². The average molecular weight is 633 g/mol. The molecule has 0 saturated heterocycles. The van der Waals surface area contributed by atoms with Crippen molar-refractivity contribution in [2.75, 3.05) is 25.5 Å². The molecule has 0 unspecified atom stereocenters. The summed E-state index contributed by atoms with van der Waals surface area (Å²) >= 11 is 0. The van der Waals surface area contributed by atoms with Crippen molar-refractivity contribution in [3.05, 3.63) is 53.2 Å². The normalized spacial score (nSPS) is 13.1. The monoisotopic (exact) mass is 632 g/mol. The van der Waals surface area contributed by atoms with Gasteiger partial charge in [-0.2, -0.15) is 13.2 Å².